The maximum Gasteiger partial charge on any atom is 0.228 e. The Morgan fingerprint density at radius 3 is 3.12 bits per heavy atom. The van der Waals surface area contributed by atoms with E-state index in [4.69, 9.17) is 0 Å². The molecule has 0 aromatic heterocycles. The number of rotatable bonds is 4. The summed E-state index contributed by atoms with van der Waals surface area (Å²) in [6.45, 7) is 2.05. The van der Waals surface area contributed by atoms with Gasteiger partial charge in [0, 0.05) is 22.0 Å². The summed E-state index contributed by atoms with van der Waals surface area (Å²) in [5.41, 5.74) is 1.18. The number of fused-ring (bicyclic) bond motifs is 1. The minimum Gasteiger partial charge on any atom is -0.353 e. The van der Waals surface area contributed by atoms with Gasteiger partial charge >= 0.3 is 0 Å². The van der Waals surface area contributed by atoms with Crippen molar-refractivity contribution in [2.75, 3.05) is 11.1 Å². The summed E-state index contributed by atoms with van der Waals surface area (Å²) in [5, 5.41) is 4.00. The summed E-state index contributed by atoms with van der Waals surface area (Å²) < 4.78 is 0. The van der Waals surface area contributed by atoms with Crippen molar-refractivity contribution in [2.45, 2.75) is 30.2 Å². The first kappa shape index (κ1) is 13.0. The maximum absolute atomic E-state index is 12.2. The number of nitrogens with one attached hydrogen (secondary N) is 1. The lowest BCUT2D eigenvalue weighted by molar-refractivity contribution is -0.122. The van der Waals surface area contributed by atoms with Crippen LogP contribution in [0.1, 0.15) is 24.8 Å². The molecule has 0 saturated carbocycles. The molecule has 0 spiro atoms. The van der Waals surface area contributed by atoms with E-state index in [1.807, 2.05) is 19.1 Å². The highest BCUT2D eigenvalue weighted by atomic mass is 79.9. The van der Waals surface area contributed by atoms with Crippen molar-refractivity contribution in [1.82, 2.24) is 5.32 Å². The van der Waals surface area contributed by atoms with Crippen molar-refractivity contribution >= 4 is 33.6 Å². The second-order valence-corrected chi connectivity index (χ2v) is 6.14. The van der Waals surface area contributed by atoms with Gasteiger partial charge < -0.3 is 5.32 Å². The highest BCUT2D eigenvalue weighted by Crippen LogP contribution is 2.39. The summed E-state index contributed by atoms with van der Waals surface area (Å²) >= 11 is 5.17. The van der Waals surface area contributed by atoms with Crippen molar-refractivity contribution in [3.63, 3.8) is 0 Å². The quantitative estimate of drug-likeness (QED) is 0.865. The number of hydrogen-bond acceptors (Lipinski definition) is 2. The monoisotopic (exact) mass is 313 g/mol. The molecule has 0 aliphatic carbocycles. The summed E-state index contributed by atoms with van der Waals surface area (Å²) in [6.07, 6.45) is 0.966. The number of carbonyl (C=O) groups is 1. The van der Waals surface area contributed by atoms with Crippen LogP contribution in [0.2, 0.25) is 0 Å². The van der Waals surface area contributed by atoms with Gasteiger partial charge in [-0.25, -0.2) is 0 Å². The van der Waals surface area contributed by atoms with E-state index in [2.05, 4.69) is 33.4 Å². The number of amides is 1. The molecule has 0 bridgehead atoms. The van der Waals surface area contributed by atoms with Crippen molar-refractivity contribution in [3.8, 4) is 0 Å². The predicted octanol–water partition coefficient (Wildman–Crippen LogP) is 3.17. The van der Waals surface area contributed by atoms with Gasteiger partial charge in [0.2, 0.25) is 5.91 Å². The highest BCUT2D eigenvalue weighted by molar-refractivity contribution is 9.09. The Labute approximate surface area is 115 Å². The number of thioether (sulfide) groups is 1. The topological polar surface area (TPSA) is 29.1 Å². The van der Waals surface area contributed by atoms with Gasteiger partial charge in [0.1, 0.15) is 0 Å². The Morgan fingerprint density at radius 2 is 2.35 bits per heavy atom. The number of hydrogen-bond donors (Lipinski definition) is 1. The zero-order valence-corrected chi connectivity index (χ0v) is 12.2. The molecule has 2 atom stereocenters. The standard InChI is InChI=1S/C13H16BrNOS/c1-9(6-7-14)15-13(16)11-8-17-12-5-3-2-4-10(11)12/h2-5,9,11H,6-8H2,1H3,(H,15,16). The third kappa shape index (κ3) is 3.05. The van der Waals surface area contributed by atoms with Crippen LogP contribution in [0.5, 0.6) is 0 Å². The molecule has 1 aliphatic rings. The van der Waals surface area contributed by atoms with Crippen molar-refractivity contribution in [2.24, 2.45) is 0 Å². The van der Waals surface area contributed by atoms with Gasteiger partial charge in [0.15, 0.2) is 0 Å². The van der Waals surface area contributed by atoms with Crippen LogP contribution >= 0.6 is 27.7 Å². The maximum atomic E-state index is 12.2. The molecular formula is C13H16BrNOS. The lowest BCUT2D eigenvalue weighted by atomic mass is 10.00. The average molecular weight is 314 g/mol. The van der Waals surface area contributed by atoms with Gasteiger partial charge in [-0.05, 0) is 25.0 Å². The molecule has 1 heterocycles. The fraction of sp³-hybridized carbons (Fsp3) is 0.462. The fourth-order valence-electron chi connectivity index (χ4n) is 1.96. The summed E-state index contributed by atoms with van der Waals surface area (Å²) in [4.78, 5) is 13.4. The van der Waals surface area contributed by atoms with Crippen molar-refractivity contribution in [3.05, 3.63) is 29.8 Å². The van der Waals surface area contributed by atoms with Crippen molar-refractivity contribution in [1.29, 1.82) is 0 Å². The summed E-state index contributed by atoms with van der Waals surface area (Å²) in [5.74, 6) is 1.05. The van der Waals surface area contributed by atoms with Gasteiger partial charge in [0.05, 0.1) is 5.92 Å². The lowest BCUT2D eigenvalue weighted by Crippen LogP contribution is -2.36. The predicted molar refractivity (Wildman–Crippen MR) is 75.9 cm³/mol. The molecule has 2 nitrogen and oxygen atoms in total. The molecule has 92 valence electrons. The zero-order chi connectivity index (χ0) is 12.3. The Hall–Kier alpha value is -0.480. The Bertz CT molecular complexity index is 410. The smallest absolute Gasteiger partial charge is 0.228 e. The van der Waals surface area contributed by atoms with Crippen LogP contribution in [-0.4, -0.2) is 23.0 Å². The minimum absolute atomic E-state index is 0.0222. The van der Waals surface area contributed by atoms with Crippen LogP contribution in [0.15, 0.2) is 29.2 Å². The van der Waals surface area contributed by atoms with E-state index >= 15 is 0 Å². The lowest BCUT2D eigenvalue weighted by Gasteiger charge is -2.16. The SMILES string of the molecule is CC(CCBr)NC(=O)C1CSc2ccccc21. The number of carbonyl (C=O) groups excluding carboxylic acids is 1. The Kier molecular flexibility index (Phi) is 4.51. The van der Waals surface area contributed by atoms with E-state index in [-0.39, 0.29) is 17.9 Å². The second-order valence-electron chi connectivity index (χ2n) is 4.29. The molecule has 0 fully saturated rings. The summed E-state index contributed by atoms with van der Waals surface area (Å²) in [7, 11) is 0. The van der Waals surface area contributed by atoms with E-state index in [9.17, 15) is 4.79 Å². The second kappa shape index (κ2) is 5.91. The van der Waals surface area contributed by atoms with Crippen LogP contribution in [-0.2, 0) is 4.79 Å². The first-order valence-corrected chi connectivity index (χ1v) is 7.91. The molecular weight excluding hydrogens is 298 g/mol. The molecule has 1 amide bonds. The van der Waals surface area contributed by atoms with Gasteiger partial charge in [-0.2, -0.15) is 0 Å². The van der Waals surface area contributed by atoms with Crippen LogP contribution in [0.25, 0.3) is 0 Å². The molecule has 1 aliphatic heterocycles. The normalized spacial score (nSPS) is 19.8. The Morgan fingerprint density at radius 1 is 1.59 bits per heavy atom. The highest BCUT2D eigenvalue weighted by Gasteiger charge is 2.29. The van der Waals surface area contributed by atoms with Crippen LogP contribution in [0.4, 0.5) is 0 Å². The molecule has 0 radical (unpaired) electrons. The largest absolute Gasteiger partial charge is 0.353 e. The number of halogens is 1. The van der Waals surface area contributed by atoms with Crippen molar-refractivity contribution < 1.29 is 4.79 Å². The van der Waals surface area contributed by atoms with E-state index in [1.165, 1.54) is 10.5 Å². The fourth-order valence-corrected chi connectivity index (χ4v) is 3.87. The van der Waals surface area contributed by atoms with E-state index in [0.29, 0.717) is 0 Å². The van der Waals surface area contributed by atoms with Gasteiger partial charge in [-0.15, -0.1) is 11.8 Å². The molecule has 2 unspecified atom stereocenters. The third-order valence-corrected chi connectivity index (χ3v) is 4.59. The number of benzene rings is 1. The van der Waals surface area contributed by atoms with Crippen LogP contribution in [0.3, 0.4) is 0 Å². The van der Waals surface area contributed by atoms with E-state index in [0.717, 1.165) is 17.5 Å². The van der Waals surface area contributed by atoms with Crippen LogP contribution in [0, 0.1) is 0 Å². The van der Waals surface area contributed by atoms with Gasteiger partial charge in [-0.3, -0.25) is 4.79 Å². The number of alkyl halides is 1. The molecule has 0 saturated heterocycles. The molecule has 2 rings (SSSR count). The Balaban J connectivity index is 2.02. The van der Waals surface area contributed by atoms with E-state index < -0.39 is 0 Å². The molecule has 4 heteroatoms. The molecule has 1 aromatic carbocycles. The first-order chi connectivity index (χ1) is 8.22. The molecule has 1 aromatic rings. The third-order valence-electron chi connectivity index (χ3n) is 2.95. The van der Waals surface area contributed by atoms with Gasteiger partial charge in [0.25, 0.3) is 0 Å². The van der Waals surface area contributed by atoms with E-state index in [1.54, 1.807) is 11.8 Å². The van der Waals surface area contributed by atoms with Gasteiger partial charge in [-0.1, -0.05) is 34.1 Å². The summed E-state index contributed by atoms with van der Waals surface area (Å²) in [6, 6.07) is 8.43. The zero-order valence-electron chi connectivity index (χ0n) is 9.78. The average Bonchev–Trinajstić information content (AvgIpc) is 2.72. The minimum atomic E-state index is 0.0222. The van der Waals surface area contributed by atoms with Crippen LogP contribution < -0.4 is 5.32 Å². The first-order valence-electron chi connectivity index (χ1n) is 5.80. The molecule has 17 heavy (non-hydrogen) atoms. The molecule has 1 N–H and O–H groups in total.